The van der Waals surface area contributed by atoms with Crippen molar-refractivity contribution in [1.82, 2.24) is 0 Å². The standard InChI is InChI=1S/C14H9I3N2O4/c1-23-12-6-8(19(21)22)2-3-11(12)18-14(20)9-4-7(15)5-10(16)13(9)17/h2-6H,1H3,(H,18,20). The summed E-state index contributed by atoms with van der Waals surface area (Å²) in [4.78, 5) is 22.8. The molecule has 2 aromatic rings. The fourth-order valence-electron chi connectivity index (χ4n) is 1.81. The minimum atomic E-state index is -0.515. The van der Waals surface area contributed by atoms with Crippen molar-refractivity contribution < 1.29 is 14.5 Å². The summed E-state index contributed by atoms with van der Waals surface area (Å²) in [5, 5.41) is 13.5. The molecule has 1 amide bonds. The van der Waals surface area contributed by atoms with Crippen LogP contribution < -0.4 is 10.1 Å². The average molecular weight is 650 g/mol. The maximum Gasteiger partial charge on any atom is 0.273 e. The number of nitro groups is 1. The van der Waals surface area contributed by atoms with Gasteiger partial charge in [-0.3, -0.25) is 14.9 Å². The highest BCUT2D eigenvalue weighted by molar-refractivity contribution is 14.1. The summed E-state index contributed by atoms with van der Waals surface area (Å²) in [7, 11) is 1.40. The molecule has 9 heteroatoms. The molecular formula is C14H9I3N2O4. The largest absolute Gasteiger partial charge is 0.494 e. The highest BCUT2D eigenvalue weighted by Gasteiger charge is 2.17. The van der Waals surface area contributed by atoms with Gasteiger partial charge in [0, 0.05) is 16.8 Å². The lowest BCUT2D eigenvalue weighted by molar-refractivity contribution is -0.384. The number of carbonyl (C=O) groups is 1. The van der Waals surface area contributed by atoms with Gasteiger partial charge in [-0.05, 0) is 86.0 Å². The Kier molecular flexibility index (Phi) is 6.41. The Labute approximate surface area is 172 Å². The Morgan fingerprint density at radius 1 is 1.22 bits per heavy atom. The van der Waals surface area contributed by atoms with Crippen LogP contribution in [-0.4, -0.2) is 17.9 Å². The van der Waals surface area contributed by atoms with E-state index >= 15 is 0 Å². The van der Waals surface area contributed by atoms with Gasteiger partial charge in [0.1, 0.15) is 5.75 Å². The molecule has 1 N–H and O–H groups in total. The number of hydrogen-bond donors (Lipinski definition) is 1. The first kappa shape index (κ1) is 18.6. The van der Waals surface area contributed by atoms with E-state index in [9.17, 15) is 14.9 Å². The van der Waals surface area contributed by atoms with Crippen molar-refractivity contribution in [2.75, 3.05) is 12.4 Å². The van der Waals surface area contributed by atoms with Crippen molar-refractivity contribution in [1.29, 1.82) is 0 Å². The van der Waals surface area contributed by atoms with Gasteiger partial charge in [0.05, 0.1) is 29.4 Å². The maximum atomic E-state index is 12.5. The number of benzene rings is 2. The third-order valence-electron chi connectivity index (χ3n) is 2.88. The number of nitrogens with zero attached hydrogens (tertiary/aromatic N) is 1. The molecule has 0 saturated heterocycles. The molecule has 0 fully saturated rings. The van der Waals surface area contributed by atoms with Gasteiger partial charge in [0.25, 0.3) is 11.6 Å². The van der Waals surface area contributed by atoms with Gasteiger partial charge in [-0.1, -0.05) is 0 Å². The van der Waals surface area contributed by atoms with Crippen molar-refractivity contribution in [3.63, 3.8) is 0 Å². The number of hydrogen-bond acceptors (Lipinski definition) is 4. The molecule has 6 nitrogen and oxygen atoms in total. The third kappa shape index (κ3) is 4.43. The summed E-state index contributed by atoms with van der Waals surface area (Å²) >= 11 is 6.44. The molecule has 0 radical (unpaired) electrons. The summed E-state index contributed by atoms with van der Waals surface area (Å²) in [6, 6.07) is 7.82. The van der Waals surface area contributed by atoms with Crippen LogP contribution >= 0.6 is 67.8 Å². The number of rotatable bonds is 4. The minimum absolute atomic E-state index is 0.0989. The summed E-state index contributed by atoms with van der Waals surface area (Å²) < 4.78 is 7.91. The van der Waals surface area contributed by atoms with Crippen LogP contribution in [0.4, 0.5) is 11.4 Å². The summed E-state index contributed by atoms with van der Waals surface area (Å²) in [5.74, 6) is -0.0548. The number of anilines is 1. The topological polar surface area (TPSA) is 81.5 Å². The highest BCUT2D eigenvalue weighted by Crippen LogP contribution is 2.30. The van der Waals surface area contributed by atoms with Crippen LogP contribution in [0.2, 0.25) is 0 Å². The number of ether oxygens (including phenoxy) is 1. The Morgan fingerprint density at radius 2 is 1.91 bits per heavy atom. The Morgan fingerprint density at radius 3 is 2.52 bits per heavy atom. The number of nitrogens with one attached hydrogen (secondary N) is 1. The van der Waals surface area contributed by atoms with Crippen LogP contribution in [0.25, 0.3) is 0 Å². The normalized spacial score (nSPS) is 10.3. The molecule has 0 unspecified atom stereocenters. The zero-order valence-corrected chi connectivity index (χ0v) is 18.1. The predicted molar refractivity (Wildman–Crippen MR) is 112 cm³/mol. The van der Waals surface area contributed by atoms with E-state index in [2.05, 4.69) is 73.1 Å². The second-order valence-corrected chi connectivity index (χ2v) is 7.83. The minimum Gasteiger partial charge on any atom is -0.494 e. The number of methoxy groups -OCH3 is 1. The Bertz CT molecular complexity index is 796. The SMILES string of the molecule is COc1cc([N+](=O)[O-])ccc1NC(=O)c1cc(I)cc(I)c1I. The summed E-state index contributed by atoms with van der Waals surface area (Å²) in [5.41, 5.74) is 0.827. The average Bonchev–Trinajstić information content (AvgIpc) is 2.50. The van der Waals surface area contributed by atoms with Crippen LogP contribution in [0.1, 0.15) is 10.4 Å². The second-order valence-electron chi connectivity index (χ2n) is 4.34. The molecule has 0 aliphatic heterocycles. The van der Waals surface area contributed by atoms with Gasteiger partial charge >= 0.3 is 0 Å². The first-order valence-electron chi connectivity index (χ1n) is 6.11. The van der Waals surface area contributed by atoms with Gasteiger partial charge in [-0.25, -0.2) is 0 Å². The van der Waals surface area contributed by atoms with E-state index in [0.29, 0.717) is 11.3 Å². The van der Waals surface area contributed by atoms with Crippen LogP contribution in [0, 0.1) is 20.8 Å². The van der Waals surface area contributed by atoms with Crippen molar-refractivity contribution >= 4 is 85.1 Å². The molecule has 0 heterocycles. The van der Waals surface area contributed by atoms with Crippen LogP contribution in [-0.2, 0) is 0 Å². The van der Waals surface area contributed by atoms with E-state index in [1.807, 2.05) is 6.07 Å². The van der Waals surface area contributed by atoms with E-state index in [1.54, 1.807) is 6.07 Å². The molecule has 23 heavy (non-hydrogen) atoms. The molecule has 120 valence electrons. The second kappa shape index (κ2) is 7.92. The highest BCUT2D eigenvalue weighted by atomic mass is 127. The lowest BCUT2D eigenvalue weighted by Crippen LogP contribution is -2.15. The number of amides is 1. The van der Waals surface area contributed by atoms with E-state index in [-0.39, 0.29) is 17.3 Å². The van der Waals surface area contributed by atoms with E-state index < -0.39 is 4.92 Å². The zero-order chi connectivity index (χ0) is 17.1. The molecule has 0 atom stereocenters. The lowest BCUT2D eigenvalue weighted by Gasteiger charge is -2.12. The molecule has 0 aliphatic rings. The smallest absolute Gasteiger partial charge is 0.273 e. The van der Waals surface area contributed by atoms with Gasteiger partial charge in [-0.15, -0.1) is 0 Å². The Balaban J connectivity index is 2.36. The number of halogens is 3. The van der Waals surface area contributed by atoms with Gasteiger partial charge in [0.2, 0.25) is 0 Å². The molecule has 0 aromatic heterocycles. The van der Waals surface area contributed by atoms with E-state index in [1.165, 1.54) is 25.3 Å². The van der Waals surface area contributed by atoms with Crippen LogP contribution in [0.15, 0.2) is 30.3 Å². The molecule has 2 aromatic carbocycles. The maximum absolute atomic E-state index is 12.5. The van der Waals surface area contributed by atoms with Crippen LogP contribution in [0.3, 0.4) is 0 Å². The molecular weight excluding hydrogens is 641 g/mol. The van der Waals surface area contributed by atoms with E-state index in [0.717, 1.165) is 10.7 Å². The molecule has 0 saturated carbocycles. The monoisotopic (exact) mass is 650 g/mol. The van der Waals surface area contributed by atoms with Crippen molar-refractivity contribution in [2.45, 2.75) is 0 Å². The lowest BCUT2D eigenvalue weighted by atomic mass is 10.2. The van der Waals surface area contributed by atoms with E-state index in [4.69, 9.17) is 4.74 Å². The molecule has 0 bridgehead atoms. The van der Waals surface area contributed by atoms with Crippen molar-refractivity contribution in [3.8, 4) is 5.75 Å². The molecule has 0 spiro atoms. The summed E-state index contributed by atoms with van der Waals surface area (Å²) in [6.45, 7) is 0. The van der Waals surface area contributed by atoms with Crippen molar-refractivity contribution in [2.24, 2.45) is 0 Å². The number of non-ortho nitro benzene ring substituents is 1. The quantitative estimate of drug-likeness (QED) is 0.226. The summed E-state index contributed by atoms with van der Waals surface area (Å²) in [6.07, 6.45) is 0. The van der Waals surface area contributed by atoms with Crippen LogP contribution in [0.5, 0.6) is 5.75 Å². The predicted octanol–water partition coefficient (Wildman–Crippen LogP) is 4.67. The fraction of sp³-hybridized carbons (Fsp3) is 0.0714. The van der Waals surface area contributed by atoms with Gasteiger partial charge < -0.3 is 10.1 Å². The first-order chi connectivity index (χ1) is 10.8. The molecule has 0 aliphatic carbocycles. The zero-order valence-electron chi connectivity index (χ0n) is 11.6. The first-order valence-corrected chi connectivity index (χ1v) is 9.35. The fourth-order valence-corrected chi connectivity index (χ4v) is 4.21. The number of nitro benzene ring substituents is 1. The third-order valence-corrected chi connectivity index (χ3v) is 6.55. The molecule has 2 rings (SSSR count). The number of carbonyl (C=O) groups excluding carboxylic acids is 1. The van der Waals surface area contributed by atoms with Gasteiger partial charge in [0.15, 0.2) is 0 Å². The Hall–Kier alpha value is -0.700. The van der Waals surface area contributed by atoms with Crippen molar-refractivity contribution in [3.05, 3.63) is 56.7 Å². The van der Waals surface area contributed by atoms with Gasteiger partial charge in [-0.2, -0.15) is 0 Å².